The van der Waals surface area contributed by atoms with Crippen molar-refractivity contribution in [2.75, 3.05) is 14.2 Å². The summed E-state index contributed by atoms with van der Waals surface area (Å²) in [4.78, 5) is 0. The molecule has 3 nitrogen and oxygen atoms in total. The third-order valence-corrected chi connectivity index (χ3v) is 2.74. The van der Waals surface area contributed by atoms with Crippen LogP contribution in [0.2, 0.25) is 0 Å². The lowest BCUT2D eigenvalue weighted by Crippen LogP contribution is -2.24. The first-order chi connectivity index (χ1) is 7.71. The molecule has 90 valence electrons. The molecule has 0 aromatic heterocycles. The normalized spacial score (nSPS) is 12.2. The van der Waals surface area contributed by atoms with Gasteiger partial charge in [0.25, 0.3) is 0 Å². The fourth-order valence-corrected chi connectivity index (χ4v) is 1.45. The van der Waals surface area contributed by atoms with Gasteiger partial charge in [0.2, 0.25) is 0 Å². The summed E-state index contributed by atoms with van der Waals surface area (Å²) in [6.45, 7) is 5.14. The number of rotatable bonds is 6. The van der Waals surface area contributed by atoms with Crippen molar-refractivity contribution in [2.24, 2.45) is 0 Å². The third kappa shape index (κ3) is 3.42. The van der Waals surface area contributed by atoms with Crippen molar-refractivity contribution in [3.05, 3.63) is 23.8 Å². The van der Waals surface area contributed by atoms with E-state index in [1.807, 2.05) is 18.2 Å². The van der Waals surface area contributed by atoms with Gasteiger partial charge in [0.05, 0.1) is 14.2 Å². The number of benzene rings is 1. The maximum absolute atomic E-state index is 5.32. The topological polar surface area (TPSA) is 30.5 Å². The quantitative estimate of drug-likeness (QED) is 0.804. The van der Waals surface area contributed by atoms with E-state index in [-0.39, 0.29) is 0 Å². The summed E-state index contributed by atoms with van der Waals surface area (Å²) < 4.78 is 10.5. The van der Waals surface area contributed by atoms with Gasteiger partial charge in [-0.05, 0) is 31.5 Å². The molecule has 1 rings (SSSR count). The highest BCUT2D eigenvalue weighted by Gasteiger charge is 2.06. The number of nitrogens with one attached hydrogen (secondary N) is 1. The van der Waals surface area contributed by atoms with Crippen LogP contribution >= 0.6 is 0 Å². The number of hydrogen-bond acceptors (Lipinski definition) is 3. The Bertz CT molecular complexity index is 326. The van der Waals surface area contributed by atoms with Crippen LogP contribution in [0.3, 0.4) is 0 Å². The van der Waals surface area contributed by atoms with Crippen molar-refractivity contribution < 1.29 is 9.47 Å². The standard InChI is InChI=1S/C13H21NO2/c1-5-10(2)14-9-11-8-12(15-3)6-7-13(11)16-4/h6-8,10,14H,5,9H2,1-4H3/t10-/m1/s1. The number of methoxy groups -OCH3 is 2. The zero-order chi connectivity index (χ0) is 12.0. The van der Waals surface area contributed by atoms with E-state index in [4.69, 9.17) is 9.47 Å². The minimum Gasteiger partial charge on any atom is -0.497 e. The second-order valence-corrected chi connectivity index (χ2v) is 3.87. The van der Waals surface area contributed by atoms with Crippen LogP contribution in [-0.2, 0) is 6.54 Å². The second kappa shape index (κ2) is 6.38. The van der Waals surface area contributed by atoms with Gasteiger partial charge in [0.1, 0.15) is 11.5 Å². The SMILES string of the molecule is CC[C@@H](C)NCc1cc(OC)ccc1OC. The van der Waals surface area contributed by atoms with Gasteiger partial charge in [-0.3, -0.25) is 0 Å². The largest absolute Gasteiger partial charge is 0.497 e. The Kier molecular flexibility index (Phi) is 5.12. The maximum atomic E-state index is 5.32. The van der Waals surface area contributed by atoms with Crippen LogP contribution in [0, 0.1) is 0 Å². The zero-order valence-corrected chi connectivity index (χ0v) is 10.5. The smallest absolute Gasteiger partial charge is 0.123 e. The summed E-state index contributed by atoms with van der Waals surface area (Å²) in [5.74, 6) is 1.76. The Morgan fingerprint density at radius 3 is 2.56 bits per heavy atom. The van der Waals surface area contributed by atoms with Gasteiger partial charge in [-0.1, -0.05) is 6.92 Å². The van der Waals surface area contributed by atoms with Gasteiger partial charge in [-0.2, -0.15) is 0 Å². The van der Waals surface area contributed by atoms with Gasteiger partial charge in [-0.25, -0.2) is 0 Å². The van der Waals surface area contributed by atoms with Crippen LogP contribution in [0.5, 0.6) is 11.5 Å². The van der Waals surface area contributed by atoms with Gasteiger partial charge < -0.3 is 14.8 Å². The number of hydrogen-bond donors (Lipinski definition) is 1. The molecule has 0 amide bonds. The molecule has 0 spiro atoms. The van der Waals surface area contributed by atoms with Crippen molar-refractivity contribution in [1.29, 1.82) is 0 Å². The molecule has 0 saturated heterocycles. The molecule has 0 radical (unpaired) electrons. The van der Waals surface area contributed by atoms with Crippen molar-refractivity contribution in [2.45, 2.75) is 32.9 Å². The monoisotopic (exact) mass is 223 g/mol. The van der Waals surface area contributed by atoms with Crippen LogP contribution in [0.15, 0.2) is 18.2 Å². The first-order valence-corrected chi connectivity index (χ1v) is 5.65. The lowest BCUT2D eigenvalue weighted by Gasteiger charge is -2.14. The Morgan fingerprint density at radius 2 is 2.00 bits per heavy atom. The minimum absolute atomic E-state index is 0.510. The van der Waals surface area contributed by atoms with Gasteiger partial charge in [0, 0.05) is 18.2 Å². The highest BCUT2D eigenvalue weighted by molar-refractivity contribution is 5.40. The van der Waals surface area contributed by atoms with Gasteiger partial charge in [0.15, 0.2) is 0 Å². The van der Waals surface area contributed by atoms with E-state index in [2.05, 4.69) is 19.2 Å². The summed E-state index contributed by atoms with van der Waals surface area (Å²) in [7, 11) is 3.36. The molecule has 16 heavy (non-hydrogen) atoms. The molecule has 1 N–H and O–H groups in total. The molecular weight excluding hydrogens is 202 g/mol. The van der Waals surface area contributed by atoms with Crippen molar-refractivity contribution in [3.8, 4) is 11.5 Å². The van der Waals surface area contributed by atoms with Crippen LogP contribution < -0.4 is 14.8 Å². The Morgan fingerprint density at radius 1 is 1.25 bits per heavy atom. The molecule has 0 saturated carbocycles. The van der Waals surface area contributed by atoms with Crippen LogP contribution in [0.4, 0.5) is 0 Å². The molecule has 0 fully saturated rings. The Hall–Kier alpha value is -1.22. The van der Waals surface area contributed by atoms with Gasteiger partial charge in [-0.15, -0.1) is 0 Å². The van der Waals surface area contributed by atoms with Crippen molar-refractivity contribution >= 4 is 0 Å². The number of ether oxygens (including phenoxy) is 2. The molecule has 0 heterocycles. The molecule has 1 atom stereocenters. The molecule has 0 aliphatic rings. The van der Waals surface area contributed by atoms with Crippen LogP contribution in [0.25, 0.3) is 0 Å². The second-order valence-electron chi connectivity index (χ2n) is 3.87. The first kappa shape index (κ1) is 12.8. The lowest BCUT2D eigenvalue weighted by atomic mass is 10.1. The molecule has 3 heteroatoms. The van der Waals surface area contributed by atoms with Crippen molar-refractivity contribution in [1.82, 2.24) is 5.32 Å². The molecule has 1 aromatic carbocycles. The summed E-state index contributed by atoms with van der Waals surface area (Å²) in [6.07, 6.45) is 1.12. The highest BCUT2D eigenvalue weighted by Crippen LogP contribution is 2.23. The molecule has 0 unspecified atom stereocenters. The van der Waals surface area contributed by atoms with Gasteiger partial charge >= 0.3 is 0 Å². The first-order valence-electron chi connectivity index (χ1n) is 5.65. The Labute approximate surface area is 97.8 Å². The molecule has 1 aromatic rings. The zero-order valence-electron chi connectivity index (χ0n) is 10.5. The van der Waals surface area contributed by atoms with Crippen LogP contribution in [0.1, 0.15) is 25.8 Å². The van der Waals surface area contributed by atoms with E-state index in [0.717, 1.165) is 30.0 Å². The summed E-state index contributed by atoms with van der Waals surface area (Å²) >= 11 is 0. The van der Waals surface area contributed by atoms with E-state index in [0.29, 0.717) is 6.04 Å². The average Bonchev–Trinajstić information content (AvgIpc) is 2.35. The summed E-state index contributed by atoms with van der Waals surface area (Å²) in [5.41, 5.74) is 1.13. The third-order valence-electron chi connectivity index (χ3n) is 2.74. The van der Waals surface area contributed by atoms with Crippen LogP contribution in [-0.4, -0.2) is 20.3 Å². The average molecular weight is 223 g/mol. The van der Waals surface area contributed by atoms with Crippen molar-refractivity contribution in [3.63, 3.8) is 0 Å². The fraction of sp³-hybridized carbons (Fsp3) is 0.538. The predicted octanol–water partition coefficient (Wildman–Crippen LogP) is 2.59. The van der Waals surface area contributed by atoms with E-state index < -0.39 is 0 Å². The molecule has 0 aliphatic carbocycles. The summed E-state index contributed by atoms with van der Waals surface area (Å²) in [6, 6.07) is 6.36. The predicted molar refractivity (Wildman–Crippen MR) is 66.1 cm³/mol. The van der Waals surface area contributed by atoms with E-state index in [1.165, 1.54) is 0 Å². The van der Waals surface area contributed by atoms with E-state index in [1.54, 1.807) is 14.2 Å². The fourth-order valence-electron chi connectivity index (χ4n) is 1.45. The Balaban J connectivity index is 2.75. The molecular formula is C13H21NO2. The molecule has 0 aliphatic heterocycles. The molecule has 0 bridgehead atoms. The van der Waals surface area contributed by atoms with E-state index >= 15 is 0 Å². The minimum atomic E-state index is 0.510. The maximum Gasteiger partial charge on any atom is 0.123 e. The highest BCUT2D eigenvalue weighted by atomic mass is 16.5. The summed E-state index contributed by atoms with van der Waals surface area (Å²) in [5, 5.41) is 3.44. The lowest BCUT2D eigenvalue weighted by molar-refractivity contribution is 0.395. The van der Waals surface area contributed by atoms with E-state index in [9.17, 15) is 0 Å².